The quantitative estimate of drug-likeness (QED) is 0.375. The Balaban J connectivity index is 1.33. The summed E-state index contributed by atoms with van der Waals surface area (Å²) in [7, 11) is 0. The largest absolute Gasteiger partial charge is 0.489 e. The van der Waals surface area contributed by atoms with Crippen LogP contribution < -0.4 is 4.74 Å². The van der Waals surface area contributed by atoms with E-state index in [1.54, 1.807) is 12.4 Å². The summed E-state index contributed by atoms with van der Waals surface area (Å²) >= 11 is 0. The van der Waals surface area contributed by atoms with Crippen molar-refractivity contribution < 1.29 is 14.3 Å². The van der Waals surface area contributed by atoms with E-state index in [1.165, 1.54) is 44.1 Å². The maximum atomic E-state index is 13.5. The number of aromatic nitrogens is 1. The van der Waals surface area contributed by atoms with Crippen molar-refractivity contribution in [1.82, 2.24) is 4.98 Å². The van der Waals surface area contributed by atoms with Crippen molar-refractivity contribution in [1.29, 1.82) is 0 Å². The molecule has 1 aromatic rings. The first-order chi connectivity index (χ1) is 16.7. The third kappa shape index (κ3) is 4.44. The standard InChI is InChI=1S/C31H45NO3/c1-20(2)8-6-9-21(3)24-11-12-25-28-26(14-16-30(24,25)4)31(5)15-13-22(18-27(31)29(33)35-28)34-23-10-7-17-32-19-23/h7,10,17,19-22,24-25,27H,6,8-9,11-16,18H2,1-5H3/t21-,22+,24-,25+,27-,30-,31-/m1/s1. The van der Waals surface area contributed by atoms with Gasteiger partial charge < -0.3 is 9.47 Å². The average Bonchev–Trinajstić information content (AvgIpc) is 3.18. The van der Waals surface area contributed by atoms with Crippen molar-refractivity contribution in [3.05, 3.63) is 35.9 Å². The first-order valence-electron chi connectivity index (χ1n) is 14.2. The van der Waals surface area contributed by atoms with E-state index in [4.69, 9.17) is 9.47 Å². The Kier molecular flexibility index (Phi) is 6.78. The number of hydrogen-bond donors (Lipinski definition) is 0. The number of carbonyl (C=O) groups excluding carboxylic acids is 1. The number of fused-ring (bicyclic) bond motifs is 4. The molecule has 0 saturated heterocycles. The molecular weight excluding hydrogens is 434 g/mol. The van der Waals surface area contributed by atoms with Gasteiger partial charge in [-0.05, 0) is 85.8 Å². The Labute approximate surface area is 212 Å². The Morgan fingerprint density at radius 3 is 2.69 bits per heavy atom. The van der Waals surface area contributed by atoms with Crippen LogP contribution in [0.3, 0.4) is 0 Å². The molecule has 0 aromatic carbocycles. The molecular formula is C31H45NO3. The zero-order valence-corrected chi connectivity index (χ0v) is 22.5. The van der Waals surface area contributed by atoms with Crippen LogP contribution in [0.1, 0.15) is 98.8 Å². The van der Waals surface area contributed by atoms with Crippen molar-refractivity contribution >= 4 is 5.97 Å². The van der Waals surface area contributed by atoms with Crippen LogP contribution in [0.15, 0.2) is 35.9 Å². The molecule has 7 atom stereocenters. The molecule has 0 amide bonds. The van der Waals surface area contributed by atoms with E-state index < -0.39 is 0 Å². The highest BCUT2D eigenvalue weighted by Gasteiger charge is 2.59. The molecule has 0 spiro atoms. The molecule has 4 aliphatic rings. The van der Waals surface area contributed by atoms with E-state index in [0.29, 0.717) is 5.92 Å². The highest BCUT2D eigenvalue weighted by Crippen LogP contribution is 2.65. The van der Waals surface area contributed by atoms with Crippen LogP contribution in [-0.4, -0.2) is 17.1 Å². The van der Waals surface area contributed by atoms with Crippen molar-refractivity contribution in [2.45, 2.75) is 105 Å². The van der Waals surface area contributed by atoms with Crippen molar-refractivity contribution in [2.75, 3.05) is 0 Å². The summed E-state index contributed by atoms with van der Waals surface area (Å²) in [6, 6.07) is 3.84. The lowest BCUT2D eigenvalue weighted by molar-refractivity contribution is -0.158. The maximum Gasteiger partial charge on any atom is 0.315 e. The number of pyridine rings is 1. The summed E-state index contributed by atoms with van der Waals surface area (Å²) < 4.78 is 12.5. The number of allylic oxidation sites excluding steroid dienone is 2. The summed E-state index contributed by atoms with van der Waals surface area (Å²) in [5.41, 5.74) is 1.65. The number of nitrogens with zero attached hydrogens (tertiary/aromatic N) is 1. The number of hydrogen-bond acceptors (Lipinski definition) is 4. The highest BCUT2D eigenvalue weighted by atomic mass is 16.5. The van der Waals surface area contributed by atoms with Gasteiger partial charge in [-0.2, -0.15) is 0 Å². The molecule has 0 unspecified atom stereocenters. The molecule has 1 aromatic heterocycles. The normalized spacial score (nSPS) is 37.4. The van der Waals surface area contributed by atoms with Gasteiger partial charge in [0.25, 0.3) is 0 Å². The van der Waals surface area contributed by atoms with Gasteiger partial charge in [0.05, 0.1) is 18.2 Å². The summed E-state index contributed by atoms with van der Waals surface area (Å²) in [4.78, 5) is 17.6. The van der Waals surface area contributed by atoms with Gasteiger partial charge >= 0.3 is 5.97 Å². The van der Waals surface area contributed by atoms with Gasteiger partial charge in [0.2, 0.25) is 0 Å². The summed E-state index contributed by atoms with van der Waals surface area (Å²) in [5.74, 6) is 4.45. The van der Waals surface area contributed by atoms with Crippen LogP contribution in [0.5, 0.6) is 5.75 Å². The maximum absolute atomic E-state index is 13.5. The Bertz CT molecular complexity index is 955. The zero-order valence-electron chi connectivity index (χ0n) is 22.5. The molecule has 192 valence electrons. The third-order valence-corrected chi connectivity index (χ3v) is 10.4. The first-order valence-corrected chi connectivity index (χ1v) is 14.2. The summed E-state index contributed by atoms with van der Waals surface area (Å²) in [6.45, 7) is 12.0. The van der Waals surface area contributed by atoms with Crippen LogP contribution in [-0.2, 0) is 9.53 Å². The van der Waals surface area contributed by atoms with E-state index in [0.717, 1.165) is 54.9 Å². The van der Waals surface area contributed by atoms with Gasteiger partial charge in [-0.25, -0.2) is 0 Å². The van der Waals surface area contributed by atoms with Gasteiger partial charge in [0.15, 0.2) is 0 Å². The summed E-state index contributed by atoms with van der Waals surface area (Å²) in [5, 5.41) is 0. The predicted molar refractivity (Wildman–Crippen MR) is 139 cm³/mol. The monoisotopic (exact) mass is 479 g/mol. The lowest BCUT2D eigenvalue weighted by Gasteiger charge is -2.53. The molecule has 2 fully saturated rings. The van der Waals surface area contributed by atoms with E-state index >= 15 is 0 Å². The molecule has 4 heteroatoms. The second-order valence-electron chi connectivity index (χ2n) is 13.0. The predicted octanol–water partition coefficient (Wildman–Crippen LogP) is 7.74. The fourth-order valence-electron chi connectivity index (χ4n) is 8.35. The van der Waals surface area contributed by atoms with Crippen molar-refractivity contribution in [3.63, 3.8) is 0 Å². The second-order valence-corrected chi connectivity index (χ2v) is 13.0. The lowest BCUT2D eigenvalue weighted by atomic mass is 9.54. The minimum Gasteiger partial charge on any atom is -0.489 e. The Morgan fingerprint density at radius 2 is 1.94 bits per heavy atom. The SMILES string of the molecule is CC(C)CCC[C@@H](C)[C@H]1CC[C@H]2C3=C(CC[C@]12C)[C@@]1(C)CC[C@H](Oc2cccnc2)C[C@@H]1C(=O)O3. The van der Waals surface area contributed by atoms with Crippen LogP contribution in [0, 0.1) is 40.4 Å². The topological polar surface area (TPSA) is 48.4 Å². The van der Waals surface area contributed by atoms with Crippen LogP contribution >= 0.6 is 0 Å². The minimum atomic E-state index is -0.104. The van der Waals surface area contributed by atoms with Crippen LogP contribution in [0.25, 0.3) is 0 Å². The van der Waals surface area contributed by atoms with E-state index in [2.05, 4.69) is 39.6 Å². The Morgan fingerprint density at radius 1 is 1.11 bits per heavy atom. The number of rotatable bonds is 7. The van der Waals surface area contributed by atoms with E-state index in [1.807, 2.05) is 12.1 Å². The zero-order chi connectivity index (χ0) is 24.8. The van der Waals surface area contributed by atoms with Crippen LogP contribution in [0.4, 0.5) is 0 Å². The number of ether oxygens (including phenoxy) is 2. The molecule has 35 heavy (non-hydrogen) atoms. The van der Waals surface area contributed by atoms with E-state index in [9.17, 15) is 4.79 Å². The van der Waals surface area contributed by atoms with Gasteiger partial charge in [-0.1, -0.05) is 53.9 Å². The van der Waals surface area contributed by atoms with Crippen molar-refractivity contribution in [2.24, 2.45) is 40.4 Å². The average molecular weight is 480 g/mol. The van der Waals surface area contributed by atoms with Crippen LogP contribution in [0.2, 0.25) is 0 Å². The molecule has 0 N–H and O–H groups in total. The first kappa shape index (κ1) is 24.8. The Hall–Kier alpha value is -1.84. The van der Waals surface area contributed by atoms with Gasteiger partial charge in [0, 0.05) is 17.5 Å². The smallest absolute Gasteiger partial charge is 0.315 e. The molecule has 4 nitrogen and oxygen atoms in total. The number of esters is 1. The molecule has 5 rings (SSSR count). The molecule has 2 saturated carbocycles. The molecule has 0 radical (unpaired) electrons. The third-order valence-electron chi connectivity index (χ3n) is 10.4. The fourth-order valence-corrected chi connectivity index (χ4v) is 8.35. The second kappa shape index (κ2) is 9.56. The summed E-state index contributed by atoms with van der Waals surface area (Å²) in [6.07, 6.45) is 15.0. The minimum absolute atomic E-state index is 0.0107. The lowest BCUT2D eigenvalue weighted by Crippen LogP contribution is -2.50. The van der Waals surface area contributed by atoms with E-state index in [-0.39, 0.29) is 28.8 Å². The van der Waals surface area contributed by atoms with Gasteiger partial charge in [0.1, 0.15) is 11.5 Å². The number of carbonyl (C=O) groups is 1. The van der Waals surface area contributed by atoms with Crippen molar-refractivity contribution in [3.8, 4) is 5.75 Å². The molecule has 3 aliphatic carbocycles. The van der Waals surface area contributed by atoms with Gasteiger partial charge in [-0.3, -0.25) is 9.78 Å². The molecule has 2 heterocycles. The molecule has 1 aliphatic heterocycles. The molecule has 0 bridgehead atoms. The van der Waals surface area contributed by atoms with Gasteiger partial charge in [-0.15, -0.1) is 0 Å². The fraction of sp³-hybridized carbons (Fsp3) is 0.742. The highest BCUT2D eigenvalue weighted by molar-refractivity contribution is 5.77.